The van der Waals surface area contributed by atoms with Crippen LogP contribution in [0.4, 0.5) is 4.39 Å². The first kappa shape index (κ1) is 12.5. The van der Waals surface area contributed by atoms with Crippen molar-refractivity contribution in [3.8, 4) is 0 Å². The quantitative estimate of drug-likeness (QED) is 0.837. The Balaban J connectivity index is 2.38. The molecule has 0 bridgehead atoms. The van der Waals surface area contributed by atoms with Gasteiger partial charge in [0.15, 0.2) is 0 Å². The van der Waals surface area contributed by atoms with Crippen LogP contribution in [0.1, 0.15) is 31.0 Å². The van der Waals surface area contributed by atoms with E-state index in [4.69, 9.17) is 5.73 Å². The van der Waals surface area contributed by atoms with Gasteiger partial charge in [-0.05, 0) is 37.1 Å². The molecule has 0 amide bonds. The number of aliphatic hydroxyl groups is 1. The second kappa shape index (κ2) is 4.37. The van der Waals surface area contributed by atoms with E-state index in [-0.39, 0.29) is 24.0 Å². The Morgan fingerprint density at radius 2 is 2.24 bits per heavy atom. The maximum Gasteiger partial charge on any atom is 0.123 e. The maximum atomic E-state index is 13.3. The summed E-state index contributed by atoms with van der Waals surface area (Å²) in [7, 11) is 0. The number of nitrogens with two attached hydrogens (primary N) is 1. The van der Waals surface area contributed by atoms with Gasteiger partial charge in [-0.25, -0.2) is 4.39 Å². The molecule has 0 spiro atoms. The van der Waals surface area contributed by atoms with Crippen LogP contribution in [0.2, 0.25) is 0 Å². The SMILES string of the molecule is CC(C)(CO)N1Cc2ccc(F)cc2C1CN. The van der Waals surface area contributed by atoms with Crippen LogP contribution < -0.4 is 5.73 Å². The fraction of sp³-hybridized carbons (Fsp3) is 0.538. The normalized spacial score (nSPS) is 20.6. The summed E-state index contributed by atoms with van der Waals surface area (Å²) < 4.78 is 13.3. The highest BCUT2D eigenvalue weighted by Gasteiger charge is 2.38. The summed E-state index contributed by atoms with van der Waals surface area (Å²) in [5.74, 6) is -0.231. The van der Waals surface area contributed by atoms with E-state index in [1.54, 1.807) is 12.1 Å². The van der Waals surface area contributed by atoms with Crippen molar-refractivity contribution in [2.24, 2.45) is 5.73 Å². The van der Waals surface area contributed by atoms with Crippen molar-refractivity contribution >= 4 is 0 Å². The highest BCUT2D eigenvalue weighted by Crippen LogP contribution is 2.38. The van der Waals surface area contributed by atoms with E-state index in [1.807, 2.05) is 13.8 Å². The molecule has 1 unspecified atom stereocenters. The molecule has 0 radical (unpaired) electrons. The summed E-state index contributed by atoms with van der Waals surface area (Å²) in [6.45, 7) is 5.14. The molecule has 1 aliphatic heterocycles. The lowest BCUT2D eigenvalue weighted by Crippen LogP contribution is -2.47. The van der Waals surface area contributed by atoms with Crippen molar-refractivity contribution in [2.45, 2.75) is 32.0 Å². The van der Waals surface area contributed by atoms with Gasteiger partial charge in [-0.1, -0.05) is 6.07 Å². The van der Waals surface area contributed by atoms with Crippen LogP contribution in [0.5, 0.6) is 0 Å². The number of nitrogens with zero attached hydrogens (tertiary/aromatic N) is 1. The molecular formula is C13H19FN2O. The number of halogens is 1. The summed E-state index contributed by atoms with van der Waals surface area (Å²) in [6, 6.07) is 4.83. The van der Waals surface area contributed by atoms with Gasteiger partial charge < -0.3 is 10.8 Å². The van der Waals surface area contributed by atoms with E-state index < -0.39 is 0 Å². The third-order valence-electron chi connectivity index (χ3n) is 3.57. The van der Waals surface area contributed by atoms with Gasteiger partial charge in [0.1, 0.15) is 5.82 Å². The Morgan fingerprint density at radius 1 is 1.53 bits per heavy atom. The number of hydrogen-bond donors (Lipinski definition) is 2. The molecule has 94 valence electrons. The van der Waals surface area contributed by atoms with Gasteiger partial charge in [-0.3, -0.25) is 4.90 Å². The number of rotatable bonds is 3. The van der Waals surface area contributed by atoms with E-state index in [0.717, 1.165) is 11.1 Å². The zero-order chi connectivity index (χ0) is 12.6. The van der Waals surface area contributed by atoms with Gasteiger partial charge in [-0.15, -0.1) is 0 Å². The molecule has 0 aromatic heterocycles. The van der Waals surface area contributed by atoms with Gasteiger partial charge in [0.25, 0.3) is 0 Å². The lowest BCUT2D eigenvalue weighted by atomic mass is 10.0. The Morgan fingerprint density at radius 3 is 2.82 bits per heavy atom. The second-order valence-corrected chi connectivity index (χ2v) is 5.19. The Labute approximate surface area is 101 Å². The number of hydrogen-bond acceptors (Lipinski definition) is 3. The van der Waals surface area contributed by atoms with Gasteiger partial charge >= 0.3 is 0 Å². The summed E-state index contributed by atoms with van der Waals surface area (Å²) in [4.78, 5) is 2.14. The van der Waals surface area contributed by atoms with Crippen LogP contribution in [-0.4, -0.2) is 28.7 Å². The molecule has 1 aromatic rings. The summed E-state index contributed by atoms with van der Waals surface area (Å²) >= 11 is 0. The minimum atomic E-state index is -0.348. The molecule has 0 saturated heterocycles. The molecule has 0 saturated carbocycles. The van der Waals surface area contributed by atoms with E-state index in [2.05, 4.69) is 4.90 Å². The van der Waals surface area contributed by atoms with E-state index in [9.17, 15) is 9.50 Å². The lowest BCUT2D eigenvalue weighted by molar-refractivity contribution is 0.0292. The highest BCUT2D eigenvalue weighted by molar-refractivity contribution is 5.35. The van der Waals surface area contributed by atoms with Crippen molar-refractivity contribution in [1.82, 2.24) is 4.90 Å². The molecule has 3 N–H and O–H groups in total. The molecule has 4 heteroatoms. The van der Waals surface area contributed by atoms with Gasteiger partial charge in [0.05, 0.1) is 6.61 Å². The van der Waals surface area contributed by atoms with Crippen LogP contribution in [0.25, 0.3) is 0 Å². The summed E-state index contributed by atoms with van der Waals surface area (Å²) in [5.41, 5.74) is 7.50. The minimum absolute atomic E-state index is 0.0113. The average molecular weight is 238 g/mol. The molecule has 0 aliphatic carbocycles. The average Bonchev–Trinajstić information content (AvgIpc) is 2.67. The number of fused-ring (bicyclic) bond motifs is 1. The van der Waals surface area contributed by atoms with Crippen LogP contribution >= 0.6 is 0 Å². The lowest BCUT2D eigenvalue weighted by Gasteiger charge is -2.38. The zero-order valence-corrected chi connectivity index (χ0v) is 10.3. The van der Waals surface area contributed by atoms with Crippen LogP contribution in [-0.2, 0) is 6.54 Å². The molecule has 1 atom stereocenters. The van der Waals surface area contributed by atoms with E-state index in [0.29, 0.717) is 13.1 Å². The highest BCUT2D eigenvalue weighted by atomic mass is 19.1. The fourth-order valence-electron chi connectivity index (χ4n) is 2.46. The van der Waals surface area contributed by atoms with Gasteiger partial charge in [0.2, 0.25) is 0 Å². The monoisotopic (exact) mass is 238 g/mol. The first-order valence-corrected chi connectivity index (χ1v) is 5.85. The topological polar surface area (TPSA) is 49.5 Å². The predicted octanol–water partition coefficient (Wildman–Crippen LogP) is 1.41. The van der Waals surface area contributed by atoms with Crippen molar-refractivity contribution in [2.75, 3.05) is 13.2 Å². The molecule has 17 heavy (non-hydrogen) atoms. The maximum absolute atomic E-state index is 13.3. The van der Waals surface area contributed by atoms with Crippen molar-refractivity contribution in [3.63, 3.8) is 0 Å². The third kappa shape index (κ3) is 2.08. The van der Waals surface area contributed by atoms with Crippen LogP contribution in [0.3, 0.4) is 0 Å². The molecule has 1 aliphatic rings. The molecule has 1 aromatic carbocycles. The van der Waals surface area contributed by atoms with Gasteiger partial charge in [0, 0.05) is 24.7 Å². The molecule has 2 rings (SSSR count). The van der Waals surface area contributed by atoms with Gasteiger partial charge in [-0.2, -0.15) is 0 Å². The predicted molar refractivity (Wildman–Crippen MR) is 64.9 cm³/mol. The van der Waals surface area contributed by atoms with Crippen molar-refractivity contribution < 1.29 is 9.50 Å². The standard InChI is InChI=1S/C13H19FN2O/c1-13(2,8-17)16-7-9-3-4-10(14)5-11(9)12(16)6-15/h3-5,12,17H,6-8,15H2,1-2H3. The number of aliphatic hydroxyl groups excluding tert-OH is 1. The van der Waals surface area contributed by atoms with Crippen LogP contribution in [0, 0.1) is 5.82 Å². The summed E-state index contributed by atoms with van der Waals surface area (Å²) in [5, 5.41) is 9.44. The molecule has 1 heterocycles. The minimum Gasteiger partial charge on any atom is -0.394 e. The third-order valence-corrected chi connectivity index (χ3v) is 3.57. The first-order valence-electron chi connectivity index (χ1n) is 5.85. The first-order chi connectivity index (χ1) is 7.99. The Kier molecular flexibility index (Phi) is 3.21. The smallest absolute Gasteiger partial charge is 0.123 e. The van der Waals surface area contributed by atoms with E-state index >= 15 is 0 Å². The molecule has 0 fully saturated rings. The molecular weight excluding hydrogens is 219 g/mol. The second-order valence-electron chi connectivity index (χ2n) is 5.19. The molecule has 3 nitrogen and oxygen atoms in total. The van der Waals surface area contributed by atoms with Crippen molar-refractivity contribution in [1.29, 1.82) is 0 Å². The fourth-order valence-corrected chi connectivity index (χ4v) is 2.46. The Hall–Kier alpha value is -0.970. The largest absolute Gasteiger partial charge is 0.394 e. The Bertz CT molecular complexity index is 420. The summed E-state index contributed by atoms with van der Waals surface area (Å²) in [6.07, 6.45) is 0. The van der Waals surface area contributed by atoms with Crippen molar-refractivity contribution in [3.05, 3.63) is 35.1 Å². The van der Waals surface area contributed by atoms with E-state index in [1.165, 1.54) is 6.07 Å². The van der Waals surface area contributed by atoms with Crippen LogP contribution in [0.15, 0.2) is 18.2 Å². The number of benzene rings is 1. The zero-order valence-electron chi connectivity index (χ0n) is 10.3.